The van der Waals surface area contributed by atoms with Gasteiger partial charge < -0.3 is 20.6 Å². The van der Waals surface area contributed by atoms with Crippen LogP contribution < -0.4 is 10.5 Å². The minimum absolute atomic E-state index is 0. The maximum absolute atomic E-state index is 13.8. The number of carbonyl (C=O) groups excluding carboxylic acids is 1. The summed E-state index contributed by atoms with van der Waals surface area (Å²) in [5.41, 5.74) is 9.51. The minimum atomic E-state index is -4.13. The molecule has 2 atom stereocenters. The van der Waals surface area contributed by atoms with Crippen LogP contribution in [0.25, 0.3) is 0 Å². The van der Waals surface area contributed by atoms with Crippen LogP contribution in [0.4, 0.5) is 0 Å². The number of carbonyl (C=O) groups is 2. The molecule has 2 aliphatic heterocycles. The zero-order valence-corrected chi connectivity index (χ0v) is 23.5. The fraction of sp³-hybridized carbons (Fsp3) is 0.370. The Balaban J connectivity index is 0.00000420. The number of amidine groups is 1. The molecule has 0 saturated carbocycles. The average Bonchev–Trinajstić information content (AvgIpc) is 2.87. The summed E-state index contributed by atoms with van der Waals surface area (Å²) in [5.74, 6) is -1.93. The molecule has 0 aromatic heterocycles. The number of rotatable bonds is 8. The van der Waals surface area contributed by atoms with Crippen LogP contribution in [0.1, 0.15) is 35.6 Å². The summed E-state index contributed by atoms with van der Waals surface area (Å²) in [5, 5.41) is 17.5. The Kier molecular flexibility index (Phi) is 9.55. The lowest BCUT2D eigenvalue weighted by Crippen LogP contribution is -2.55. The molecule has 0 fully saturated rings. The molecule has 0 radical (unpaired) electrons. The molecular weight excluding hydrogens is 542 g/mol. The first kappa shape index (κ1) is 30.3. The number of halogens is 1. The van der Waals surface area contributed by atoms with E-state index in [1.807, 2.05) is 13.1 Å². The Labute approximate surface area is 234 Å². The van der Waals surface area contributed by atoms with Crippen LogP contribution in [0.2, 0.25) is 0 Å². The van der Waals surface area contributed by atoms with Gasteiger partial charge in [-0.2, -0.15) is 4.72 Å². The average molecular weight is 576 g/mol. The molecule has 10 nitrogen and oxygen atoms in total. The molecule has 0 aliphatic carbocycles. The Morgan fingerprint density at radius 1 is 1.21 bits per heavy atom. The molecule has 0 saturated heterocycles. The van der Waals surface area contributed by atoms with Gasteiger partial charge in [0.25, 0.3) is 0 Å². The third-order valence-electron chi connectivity index (χ3n) is 7.06. The molecule has 1 unspecified atom stereocenters. The first-order chi connectivity index (χ1) is 17.9. The van der Waals surface area contributed by atoms with E-state index in [1.54, 1.807) is 43.3 Å². The highest BCUT2D eigenvalue weighted by atomic mass is 35.5. The van der Waals surface area contributed by atoms with Crippen LogP contribution in [0.5, 0.6) is 0 Å². The molecule has 2 aromatic rings. The molecule has 0 bridgehead atoms. The lowest BCUT2D eigenvalue weighted by Gasteiger charge is -2.34. The monoisotopic (exact) mass is 575 g/mol. The number of nitrogens with one attached hydrogen (secondary N) is 2. The Morgan fingerprint density at radius 3 is 2.64 bits per heavy atom. The molecule has 2 aliphatic rings. The summed E-state index contributed by atoms with van der Waals surface area (Å²) in [6.45, 7) is 3.39. The number of hydrogen-bond acceptors (Lipinski definition) is 6. The second-order valence-electron chi connectivity index (χ2n) is 10.0. The first-order valence-electron chi connectivity index (χ1n) is 12.4. The zero-order valence-electron chi connectivity index (χ0n) is 21.9. The highest BCUT2D eigenvalue weighted by Crippen LogP contribution is 2.24. The van der Waals surface area contributed by atoms with Crippen LogP contribution in [0.3, 0.4) is 0 Å². The molecule has 0 spiro atoms. The fourth-order valence-corrected chi connectivity index (χ4v) is 6.16. The topological polar surface area (TPSA) is 157 Å². The van der Waals surface area contributed by atoms with Crippen LogP contribution >= 0.6 is 12.4 Å². The molecule has 4 rings (SSSR count). The number of aliphatic carboxylic acids is 1. The van der Waals surface area contributed by atoms with Gasteiger partial charge >= 0.3 is 5.97 Å². The van der Waals surface area contributed by atoms with E-state index < -0.39 is 34.0 Å². The second kappa shape index (κ2) is 12.3. The second-order valence-corrected chi connectivity index (χ2v) is 11.7. The highest BCUT2D eigenvalue weighted by molar-refractivity contribution is 7.89. The van der Waals surface area contributed by atoms with Gasteiger partial charge in [0.15, 0.2) is 0 Å². The van der Waals surface area contributed by atoms with E-state index >= 15 is 0 Å². The van der Waals surface area contributed by atoms with Gasteiger partial charge in [0.2, 0.25) is 15.9 Å². The van der Waals surface area contributed by atoms with Gasteiger partial charge in [-0.3, -0.25) is 10.2 Å². The third kappa shape index (κ3) is 7.04. The quantitative estimate of drug-likeness (QED) is 0.213. The summed E-state index contributed by atoms with van der Waals surface area (Å²) >= 11 is 0. The first-order valence-corrected chi connectivity index (χ1v) is 13.9. The van der Waals surface area contributed by atoms with Gasteiger partial charge in [-0.1, -0.05) is 35.9 Å². The van der Waals surface area contributed by atoms with Crippen LogP contribution in [-0.4, -0.2) is 73.3 Å². The minimum Gasteiger partial charge on any atom is -0.480 e. The highest BCUT2D eigenvalue weighted by Gasteiger charge is 2.37. The Morgan fingerprint density at radius 2 is 1.95 bits per heavy atom. The number of fused-ring (bicyclic) bond motifs is 1. The van der Waals surface area contributed by atoms with Crippen molar-refractivity contribution in [2.75, 3.05) is 20.1 Å². The van der Waals surface area contributed by atoms with E-state index in [1.165, 1.54) is 11.0 Å². The van der Waals surface area contributed by atoms with Gasteiger partial charge in [-0.05, 0) is 68.1 Å². The van der Waals surface area contributed by atoms with E-state index in [0.29, 0.717) is 17.7 Å². The van der Waals surface area contributed by atoms with E-state index in [2.05, 4.69) is 9.62 Å². The number of amides is 1. The Hall–Kier alpha value is -3.25. The van der Waals surface area contributed by atoms with Crippen molar-refractivity contribution in [3.63, 3.8) is 0 Å². The van der Waals surface area contributed by atoms with Crippen LogP contribution in [0, 0.1) is 5.41 Å². The van der Waals surface area contributed by atoms with Crippen LogP contribution in [-0.2, 0) is 39.0 Å². The van der Waals surface area contributed by atoms with E-state index in [4.69, 9.17) is 11.1 Å². The maximum atomic E-state index is 13.8. The fourth-order valence-electron chi connectivity index (χ4n) is 4.92. The summed E-state index contributed by atoms with van der Waals surface area (Å²) in [7, 11) is -2.16. The van der Waals surface area contributed by atoms with Crippen molar-refractivity contribution in [3.05, 3.63) is 76.4 Å². The summed E-state index contributed by atoms with van der Waals surface area (Å²) < 4.78 is 29.7. The molecule has 2 aromatic carbocycles. The molecule has 12 heteroatoms. The van der Waals surface area contributed by atoms with Gasteiger partial charge in [0.05, 0.1) is 4.90 Å². The summed E-state index contributed by atoms with van der Waals surface area (Å²) in [4.78, 5) is 29.1. The molecule has 2 heterocycles. The van der Waals surface area contributed by atoms with Crippen molar-refractivity contribution in [3.8, 4) is 0 Å². The molecule has 5 N–H and O–H groups in total. The number of nitrogen functional groups attached to an aromatic ring is 1. The number of likely N-dealkylation sites (N-methyl/N-ethyl adjacent to an activating group) is 1. The van der Waals surface area contributed by atoms with E-state index in [9.17, 15) is 23.1 Å². The van der Waals surface area contributed by atoms with Crippen molar-refractivity contribution in [2.45, 2.75) is 49.7 Å². The van der Waals surface area contributed by atoms with Crippen molar-refractivity contribution in [1.82, 2.24) is 14.5 Å². The zero-order chi connectivity index (χ0) is 27.6. The Bertz CT molecular complexity index is 1410. The summed E-state index contributed by atoms with van der Waals surface area (Å²) in [6, 6.07) is 9.28. The number of hydrogen-bond donors (Lipinski definition) is 4. The summed E-state index contributed by atoms with van der Waals surface area (Å²) in [6.07, 6.45) is 2.72. The normalized spacial score (nSPS) is 18.4. The predicted octanol–water partition coefficient (Wildman–Crippen LogP) is 1.90. The number of nitrogens with zero attached hydrogens (tertiary/aromatic N) is 2. The number of carboxylic acids is 1. The van der Waals surface area contributed by atoms with Crippen molar-refractivity contribution in [2.24, 2.45) is 5.73 Å². The SMILES string of the molecule is CC1=CCN(C(=O)[C@H](Cc2cccc(C(=N)N)c2)NS(=O)(=O)c2ccc3c(c2)CN(C)CC3)C(C(=O)O)C1.Cl. The molecule has 210 valence electrons. The van der Waals surface area contributed by atoms with Gasteiger partial charge in [0.1, 0.15) is 17.9 Å². The van der Waals surface area contributed by atoms with Crippen molar-refractivity contribution in [1.29, 1.82) is 5.41 Å². The van der Waals surface area contributed by atoms with Crippen molar-refractivity contribution >= 4 is 40.1 Å². The maximum Gasteiger partial charge on any atom is 0.326 e. The number of sulfonamides is 1. The van der Waals surface area contributed by atoms with E-state index in [-0.39, 0.29) is 42.5 Å². The van der Waals surface area contributed by atoms with Gasteiger partial charge in [-0.15, -0.1) is 12.4 Å². The standard InChI is InChI=1S/C27H33N5O5S.ClH/c1-17-8-11-32(24(12-17)27(34)35)26(33)23(14-18-4-3-5-20(13-18)25(28)29)30-38(36,37)22-7-6-19-9-10-31(2)16-21(19)15-22;/h3-8,13,15,23-24,30H,9-12,14,16H2,1-2H3,(H3,28,29)(H,34,35);1H/t23-,24?;/m0./s1. The number of nitrogens with two attached hydrogens (primary N) is 1. The third-order valence-corrected chi connectivity index (χ3v) is 8.53. The van der Waals surface area contributed by atoms with Crippen LogP contribution in [0.15, 0.2) is 59.0 Å². The molecule has 39 heavy (non-hydrogen) atoms. The molecule has 1 amide bonds. The largest absolute Gasteiger partial charge is 0.480 e. The lowest BCUT2D eigenvalue weighted by molar-refractivity contribution is -0.150. The smallest absolute Gasteiger partial charge is 0.326 e. The number of benzene rings is 2. The lowest BCUT2D eigenvalue weighted by atomic mass is 9.98. The van der Waals surface area contributed by atoms with Gasteiger partial charge in [0, 0.05) is 25.2 Å². The van der Waals surface area contributed by atoms with E-state index in [0.717, 1.165) is 29.7 Å². The van der Waals surface area contributed by atoms with Crippen molar-refractivity contribution < 1.29 is 23.1 Å². The molecular formula is C27H34ClN5O5S. The van der Waals surface area contributed by atoms with Gasteiger partial charge in [-0.25, -0.2) is 13.2 Å². The predicted molar refractivity (Wildman–Crippen MR) is 151 cm³/mol. The number of carboxylic acid groups (broad SMARTS) is 1.